The first kappa shape index (κ1) is 17.0. The van der Waals surface area contributed by atoms with Gasteiger partial charge >= 0.3 is 5.97 Å². The molecule has 4 rings (SSSR count). The molecule has 0 bridgehead atoms. The van der Waals surface area contributed by atoms with E-state index in [0.717, 1.165) is 18.4 Å². The van der Waals surface area contributed by atoms with Crippen LogP contribution < -0.4 is 0 Å². The Balaban J connectivity index is 1.76. The smallest absolute Gasteiger partial charge is 0.336 e. The third-order valence-corrected chi connectivity index (χ3v) is 8.00. The molecule has 4 aliphatic rings. The van der Waals surface area contributed by atoms with Crippen molar-refractivity contribution in [1.82, 2.24) is 0 Å². The third kappa shape index (κ3) is 1.97. The van der Waals surface area contributed by atoms with Crippen LogP contribution in [0.5, 0.6) is 0 Å². The van der Waals surface area contributed by atoms with Gasteiger partial charge < -0.3 is 15.3 Å². The summed E-state index contributed by atoms with van der Waals surface area (Å²) in [5.41, 5.74) is -1.86. The van der Waals surface area contributed by atoms with E-state index in [1.807, 2.05) is 13.0 Å². The minimum absolute atomic E-state index is 0.00202. The Morgan fingerprint density at radius 1 is 1.28 bits per heavy atom. The lowest BCUT2D eigenvalue weighted by Gasteiger charge is -2.59. The number of allylic oxidation sites excluding steroid dienone is 4. The molecular formula is C20H26O5. The number of hydrogen-bond acceptors (Lipinski definition) is 4. The highest BCUT2D eigenvalue weighted by Gasteiger charge is 2.68. The lowest BCUT2D eigenvalue weighted by atomic mass is 9.46. The van der Waals surface area contributed by atoms with Crippen molar-refractivity contribution in [3.8, 4) is 0 Å². The average molecular weight is 346 g/mol. The summed E-state index contributed by atoms with van der Waals surface area (Å²) in [4.78, 5) is 23.6. The Labute approximate surface area is 147 Å². The van der Waals surface area contributed by atoms with E-state index in [9.17, 15) is 24.9 Å². The molecule has 5 heteroatoms. The highest BCUT2D eigenvalue weighted by Crippen LogP contribution is 2.66. The number of carboxylic acid groups (broad SMARTS) is 1. The van der Waals surface area contributed by atoms with E-state index in [4.69, 9.17) is 0 Å². The van der Waals surface area contributed by atoms with Crippen molar-refractivity contribution in [2.45, 2.75) is 57.7 Å². The van der Waals surface area contributed by atoms with Crippen LogP contribution in [0.3, 0.4) is 0 Å². The van der Waals surface area contributed by atoms with Gasteiger partial charge in [-0.15, -0.1) is 0 Å². The molecule has 7 atom stereocenters. The van der Waals surface area contributed by atoms with Crippen LogP contribution in [0, 0.1) is 28.6 Å². The maximum atomic E-state index is 11.8. The van der Waals surface area contributed by atoms with Crippen LogP contribution in [0.4, 0.5) is 0 Å². The molecular weight excluding hydrogens is 320 g/mol. The van der Waals surface area contributed by atoms with Gasteiger partial charge in [0.25, 0.3) is 0 Å². The highest BCUT2D eigenvalue weighted by molar-refractivity contribution is 6.01. The van der Waals surface area contributed by atoms with Gasteiger partial charge in [0.2, 0.25) is 0 Å². The molecule has 0 spiro atoms. The van der Waals surface area contributed by atoms with Gasteiger partial charge in [-0.25, -0.2) is 4.79 Å². The van der Waals surface area contributed by atoms with Gasteiger partial charge in [0.15, 0.2) is 11.4 Å². The summed E-state index contributed by atoms with van der Waals surface area (Å²) in [5.74, 6) is -0.976. The van der Waals surface area contributed by atoms with Crippen molar-refractivity contribution >= 4 is 11.8 Å². The van der Waals surface area contributed by atoms with E-state index >= 15 is 0 Å². The number of carboxylic acids is 1. The molecule has 0 aliphatic heterocycles. The Morgan fingerprint density at radius 3 is 2.68 bits per heavy atom. The van der Waals surface area contributed by atoms with Crippen molar-refractivity contribution in [1.29, 1.82) is 0 Å². The molecule has 0 saturated heterocycles. The fourth-order valence-electron chi connectivity index (χ4n) is 6.68. The lowest BCUT2D eigenvalue weighted by molar-refractivity contribution is -0.192. The SMILES string of the molecule is C[C@]12C=CC(=O)C=C1CC[C@@H]1[C@@H]2[C@H](O)C[C@]2(C)[C@H]1CC[C@]2(O)C(=O)O. The first-order valence-electron chi connectivity index (χ1n) is 9.21. The summed E-state index contributed by atoms with van der Waals surface area (Å²) in [6.45, 7) is 3.93. The standard InChI is InChI=1S/C20H26O5/c1-18-7-5-12(21)9-11(18)3-4-13-14-6-8-20(25,17(23)24)19(14,2)10-15(22)16(13)18/h5,7,9,13-16,22,25H,3-4,6,8,10H2,1-2H3,(H,23,24)/t13-,14-,15+,16+,18-,19+,20-/m0/s1. The molecule has 4 aliphatic carbocycles. The van der Waals surface area contributed by atoms with Crippen LogP contribution in [-0.2, 0) is 9.59 Å². The summed E-state index contributed by atoms with van der Waals surface area (Å²) >= 11 is 0. The lowest BCUT2D eigenvalue weighted by Crippen LogP contribution is -2.61. The van der Waals surface area contributed by atoms with Crippen LogP contribution in [0.2, 0.25) is 0 Å². The Morgan fingerprint density at radius 2 is 2.00 bits per heavy atom. The molecule has 0 amide bonds. The number of carbonyl (C=O) groups excluding carboxylic acids is 1. The minimum atomic E-state index is -1.76. The van der Waals surface area contributed by atoms with Crippen molar-refractivity contribution in [3.63, 3.8) is 0 Å². The Kier molecular flexibility index (Phi) is 3.42. The predicted molar refractivity (Wildman–Crippen MR) is 90.6 cm³/mol. The van der Waals surface area contributed by atoms with E-state index in [0.29, 0.717) is 6.42 Å². The van der Waals surface area contributed by atoms with Gasteiger partial charge in [0, 0.05) is 16.7 Å². The van der Waals surface area contributed by atoms with Crippen LogP contribution in [0.15, 0.2) is 23.8 Å². The molecule has 25 heavy (non-hydrogen) atoms. The molecule has 3 fully saturated rings. The monoisotopic (exact) mass is 346 g/mol. The molecule has 3 saturated carbocycles. The summed E-state index contributed by atoms with van der Waals surface area (Å²) in [6, 6.07) is 0. The zero-order valence-electron chi connectivity index (χ0n) is 14.7. The molecule has 0 aromatic carbocycles. The second kappa shape index (κ2) is 5.04. The van der Waals surface area contributed by atoms with Gasteiger partial charge in [-0.1, -0.05) is 25.5 Å². The third-order valence-electron chi connectivity index (χ3n) is 8.00. The number of fused-ring (bicyclic) bond motifs is 5. The van der Waals surface area contributed by atoms with Crippen molar-refractivity contribution in [2.75, 3.05) is 0 Å². The molecule has 0 heterocycles. The summed E-state index contributed by atoms with van der Waals surface area (Å²) < 4.78 is 0. The molecule has 0 aromatic heterocycles. The van der Waals surface area contributed by atoms with Crippen molar-refractivity contribution in [3.05, 3.63) is 23.8 Å². The fraction of sp³-hybridized carbons (Fsp3) is 0.700. The zero-order valence-corrected chi connectivity index (χ0v) is 14.7. The molecule has 0 unspecified atom stereocenters. The number of hydrogen-bond donors (Lipinski definition) is 3. The van der Waals surface area contributed by atoms with Crippen LogP contribution in [0.25, 0.3) is 0 Å². The van der Waals surface area contributed by atoms with E-state index < -0.39 is 23.1 Å². The minimum Gasteiger partial charge on any atom is -0.479 e. The number of aliphatic hydroxyl groups excluding tert-OH is 1. The van der Waals surface area contributed by atoms with Crippen molar-refractivity contribution < 1.29 is 24.9 Å². The number of rotatable bonds is 1. The quantitative estimate of drug-likeness (QED) is 0.676. The van der Waals surface area contributed by atoms with Crippen LogP contribution in [-0.4, -0.2) is 38.8 Å². The first-order chi connectivity index (χ1) is 11.6. The van der Waals surface area contributed by atoms with Gasteiger partial charge in [0.1, 0.15) is 0 Å². The van der Waals surface area contributed by atoms with Gasteiger partial charge in [-0.3, -0.25) is 4.79 Å². The van der Waals surface area contributed by atoms with Gasteiger partial charge in [-0.05, 0) is 56.1 Å². The van der Waals surface area contributed by atoms with Crippen LogP contribution >= 0.6 is 0 Å². The summed E-state index contributed by atoms with van der Waals surface area (Å²) in [5, 5.41) is 31.6. The fourth-order valence-corrected chi connectivity index (χ4v) is 6.68. The van der Waals surface area contributed by atoms with Crippen LogP contribution in [0.1, 0.15) is 46.0 Å². The second-order valence-electron chi connectivity index (χ2n) is 8.92. The van der Waals surface area contributed by atoms with E-state index in [2.05, 4.69) is 6.92 Å². The van der Waals surface area contributed by atoms with E-state index in [1.54, 1.807) is 12.2 Å². The maximum absolute atomic E-state index is 11.8. The van der Waals surface area contributed by atoms with Gasteiger partial charge in [-0.2, -0.15) is 0 Å². The number of carbonyl (C=O) groups is 2. The molecule has 0 radical (unpaired) electrons. The zero-order chi connectivity index (χ0) is 18.2. The first-order valence-corrected chi connectivity index (χ1v) is 9.21. The molecule has 5 nitrogen and oxygen atoms in total. The predicted octanol–water partition coefficient (Wildman–Crippen LogP) is 2.08. The normalized spacial score (nSPS) is 51.4. The Hall–Kier alpha value is -1.46. The average Bonchev–Trinajstić information content (AvgIpc) is 2.80. The molecule has 0 aromatic rings. The van der Waals surface area contributed by atoms with E-state index in [-0.39, 0.29) is 41.8 Å². The number of ketones is 1. The highest BCUT2D eigenvalue weighted by atomic mass is 16.4. The van der Waals surface area contributed by atoms with Gasteiger partial charge in [0.05, 0.1) is 6.10 Å². The summed E-state index contributed by atoms with van der Waals surface area (Å²) in [6.07, 6.45) is 7.37. The Bertz CT molecular complexity index is 709. The maximum Gasteiger partial charge on any atom is 0.336 e. The van der Waals surface area contributed by atoms with Crippen molar-refractivity contribution in [2.24, 2.45) is 28.6 Å². The summed E-state index contributed by atoms with van der Waals surface area (Å²) in [7, 11) is 0. The topological polar surface area (TPSA) is 94.8 Å². The van der Waals surface area contributed by atoms with E-state index in [1.165, 1.54) is 0 Å². The number of aliphatic hydroxyl groups is 2. The molecule has 136 valence electrons. The second-order valence-corrected chi connectivity index (χ2v) is 8.92. The number of aliphatic carboxylic acids is 1. The molecule has 3 N–H and O–H groups in total. The largest absolute Gasteiger partial charge is 0.479 e.